The third-order valence-electron chi connectivity index (χ3n) is 3.82. The second-order valence-corrected chi connectivity index (χ2v) is 10.4. The van der Waals surface area contributed by atoms with Crippen LogP contribution in [-0.4, -0.2) is 79.7 Å². The first-order chi connectivity index (χ1) is 14.2. The van der Waals surface area contributed by atoms with Crippen molar-refractivity contribution in [3.05, 3.63) is 12.7 Å². The molecule has 19 nitrogen and oxygen atoms in total. The van der Waals surface area contributed by atoms with Crippen molar-refractivity contribution in [2.24, 2.45) is 0 Å². The molecule has 0 spiro atoms. The topological polar surface area (TPSA) is 311 Å². The van der Waals surface area contributed by atoms with Gasteiger partial charge in [0, 0.05) is 0 Å². The first kappa shape index (κ1) is 34.6. The molecule has 2 aromatic rings. The van der Waals surface area contributed by atoms with E-state index in [2.05, 4.69) is 28.1 Å². The summed E-state index contributed by atoms with van der Waals surface area (Å²) in [6.07, 6.45) is -3.69. The maximum absolute atomic E-state index is 11.8. The van der Waals surface area contributed by atoms with E-state index >= 15 is 0 Å². The van der Waals surface area contributed by atoms with E-state index in [1.165, 1.54) is 10.9 Å². The minimum atomic E-state index is -5.70. The van der Waals surface area contributed by atoms with Gasteiger partial charge in [-0.15, -0.1) is 0 Å². The van der Waals surface area contributed by atoms with Crippen LogP contribution in [0.2, 0.25) is 0 Å². The zero-order valence-electron chi connectivity index (χ0n) is 19.4. The minimum Gasteiger partial charge on any atom is -1.00 e. The summed E-state index contributed by atoms with van der Waals surface area (Å²) in [5.74, 6) is 0.0426. The molecule has 0 saturated carbocycles. The van der Waals surface area contributed by atoms with Crippen molar-refractivity contribution in [3.63, 3.8) is 0 Å². The van der Waals surface area contributed by atoms with Crippen LogP contribution in [0.3, 0.4) is 0 Å². The zero-order chi connectivity index (χ0) is 23.2. The van der Waals surface area contributed by atoms with Gasteiger partial charge in [0.05, 0.1) is 12.9 Å². The van der Waals surface area contributed by atoms with Crippen LogP contribution in [0.15, 0.2) is 12.7 Å². The average molecular weight is 573 g/mol. The molecule has 3 rings (SSSR count). The van der Waals surface area contributed by atoms with Crippen molar-refractivity contribution in [2.75, 3.05) is 12.3 Å². The third kappa shape index (κ3) is 8.58. The van der Waals surface area contributed by atoms with E-state index in [4.69, 9.17) is 25.2 Å². The van der Waals surface area contributed by atoms with Crippen LogP contribution >= 0.6 is 23.5 Å². The number of rotatable bonds is 8. The molecule has 1 aliphatic heterocycles. The van der Waals surface area contributed by atoms with Crippen LogP contribution in [-0.2, 0) is 31.6 Å². The van der Waals surface area contributed by atoms with Gasteiger partial charge in [-0.1, -0.05) is 0 Å². The molecule has 6 atom stereocenters. The molecule has 0 aliphatic carbocycles. The number of hydrogen-bond acceptors (Lipinski definition) is 13. The number of hydrogen-bond donors (Lipinski definition) is 7. The van der Waals surface area contributed by atoms with E-state index < -0.39 is 54.6 Å². The number of phosphoric ester groups is 1. The number of aliphatic hydroxyl groups is 2. The largest absolute Gasteiger partial charge is 1.00 e. The number of ether oxygens (including phenoxy) is 1. The summed E-state index contributed by atoms with van der Waals surface area (Å²) in [5, 5.41) is 20.4. The van der Waals surface area contributed by atoms with Gasteiger partial charge in [-0.25, -0.2) is 28.6 Å². The normalized spacial score (nSPS) is 25.9. The number of nitrogens with two attached hydrogens (primary N) is 1. The van der Waals surface area contributed by atoms with Crippen LogP contribution in [0.25, 0.3) is 11.2 Å². The number of nitrogens with zero attached hydrogens (tertiary/aromatic N) is 4. The van der Waals surface area contributed by atoms with Crippen LogP contribution < -0.4 is 64.8 Å². The van der Waals surface area contributed by atoms with Gasteiger partial charge in [-0.3, -0.25) is 9.09 Å². The van der Waals surface area contributed by atoms with E-state index in [1.807, 2.05) is 0 Å². The van der Waals surface area contributed by atoms with E-state index in [0.717, 1.165) is 6.33 Å². The molecule has 34 heavy (non-hydrogen) atoms. The summed E-state index contributed by atoms with van der Waals surface area (Å²) in [5.41, 5.74) is 6.00. The number of phosphoric acid groups is 3. The number of aliphatic hydroxyl groups excluding tert-OH is 2. The minimum absolute atomic E-state index is 0. The molecular weight excluding hydrogens is 553 g/mol. The summed E-state index contributed by atoms with van der Waals surface area (Å²) in [7, 11) is -16.7. The van der Waals surface area contributed by atoms with Crippen molar-refractivity contribution in [2.45, 2.75) is 24.5 Å². The monoisotopic (exact) mass is 573 g/mol. The molecule has 0 aromatic carbocycles. The van der Waals surface area contributed by atoms with Crippen LogP contribution in [0.1, 0.15) is 9.08 Å². The molecule has 3 heterocycles. The molecule has 186 valence electrons. The predicted octanol–water partition coefficient (Wildman–Crippen LogP) is -8.22. The van der Waals surface area contributed by atoms with Crippen LogP contribution in [0, 0.1) is 0 Å². The number of imidazole rings is 1. The van der Waals surface area contributed by atoms with Crippen molar-refractivity contribution in [1.29, 1.82) is 0 Å². The number of aromatic nitrogens is 4. The Balaban J connectivity index is -0.00000218. The van der Waals surface area contributed by atoms with E-state index in [0.29, 0.717) is 0 Å². The van der Waals surface area contributed by atoms with Gasteiger partial charge in [-0.2, -0.15) is 8.62 Å². The average Bonchev–Trinajstić information content (AvgIpc) is 3.13. The van der Waals surface area contributed by atoms with Crippen LogP contribution in [0.4, 0.5) is 5.82 Å². The molecule has 2 aromatic heterocycles. The summed E-state index contributed by atoms with van der Waals surface area (Å²) in [4.78, 5) is 47.2. The van der Waals surface area contributed by atoms with Gasteiger partial charge < -0.3 is 48.6 Å². The maximum Gasteiger partial charge on any atom is 1.00 e. The summed E-state index contributed by atoms with van der Waals surface area (Å²) >= 11 is 0. The summed E-state index contributed by atoms with van der Waals surface area (Å²) < 4.78 is 51.9. The smallest absolute Gasteiger partial charge is 1.00 e. The molecule has 2 unspecified atom stereocenters. The van der Waals surface area contributed by atoms with Gasteiger partial charge in [0.15, 0.2) is 17.7 Å². The Kier molecular flexibility index (Phi) is 13.1. The third-order valence-corrected chi connectivity index (χ3v) is 7.62. The fraction of sp³-hybridized carbons (Fsp3) is 0.500. The first-order valence-electron chi connectivity index (χ1n) is 7.92. The van der Waals surface area contributed by atoms with Gasteiger partial charge in [0.1, 0.15) is 30.2 Å². The quantitative estimate of drug-likeness (QED) is 0.114. The molecule has 10 N–H and O–H groups in total. The van der Waals surface area contributed by atoms with Gasteiger partial charge in [0.2, 0.25) is 0 Å². The van der Waals surface area contributed by atoms with Crippen molar-refractivity contribution < 1.29 is 129 Å². The van der Waals surface area contributed by atoms with E-state index in [9.17, 15) is 28.8 Å². The van der Waals surface area contributed by atoms with E-state index in [1.54, 1.807) is 0 Å². The standard InChI is InChI=1S/C10H16N5O13P3.2Na.H2O.2H/c11-8-5-9(13-2-12-8)15(3-14-5)10-7(17)6(16)4(26-10)1-25-30(21,22)28-31(23,24)27-29(18,19)20;;;;;/h2-4,6-7,10,16-17H,1H2,(H,21,22)(H,23,24)(H2,11,12,13)(H2,18,19,20);;;1H2;;/q;2*+1;;2*-1/t4-,6-,7-,10-;;;;;/m1...../s1. The molecule has 0 radical (unpaired) electrons. The summed E-state index contributed by atoms with van der Waals surface area (Å²) in [6.45, 7) is -0.956. The fourth-order valence-electron chi connectivity index (χ4n) is 2.62. The SMILES string of the molecule is Nc1ncnc2c1ncn2[C@@H]1O[C@H](COP(=O)(O)OP(=O)(O)OP(=O)(O)O)[C@@H](O)[C@H]1O.O.[H-].[H-].[Na+].[Na+]. The maximum atomic E-state index is 11.8. The Labute approximate surface area is 236 Å². The second kappa shape index (κ2) is 12.9. The van der Waals surface area contributed by atoms with Gasteiger partial charge >= 0.3 is 82.6 Å². The molecule has 0 bridgehead atoms. The fourth-order valence-corrected chi connectivity index (χ4v) is 5.65. The van der Waals surface area contributed by atoms with E-state index in [-0.39, 0.29) is 84.4 Å². The predicted molar refractivity (Wildman–Crippen MR) is 101 cm³/mol. The Morgan fingerprint density at radius 3 is 2.24 bits per heavy atom. The van der Waals surface area contributed by atoms with Crippen molar-refractivity contribution in [3.8, 4) is 0 Å². The Bertz CT molecular complexity index is 1130. The van der Waals surface area contributed by atoms with Crippen molar-refractivity contribution in [1.82, 2.24) is 19.5 Å². The Morgan fingerprint density at radius 1 is 1.03 bits per heavy atom. The van der Waals surface area contributed by atoms with Gasteiger partial charge in [-0.05, 0) is 0 Å². The Hall–Kier alpha value is 0.600. The first-order valence-corrected chi connectivity index (χ1v) is 12.4. The molecular formula is C10H20N5Na2O14P3. The number of anilines is 1. The van der Waals surface area contributed by atoms with Crippen LogP contribution in [0.5, 0.6) is 0 Å². The second-order valence-electron chi connectivity index (χ2n) is 6.02. The summed E-state index contributed by atoms with van der Waals surface area (Å²) in [6, 6.07) is 0. The molecule has 24 heteroatoms. The molecule has 1 fully saturated rings. The molecule has 1 saturated heterocycles. The number of nitrogen functional groups attached to an aromatic ring is 1. The Morgan fingerprint density at radius 2 is 1.65 bits per heavy atom. The zero-order valence-corrected chi connectivity index (χ0v) is 24.1. The van der Waals surface area contributed by atoms with Crippen molar-refractivity contribution >= 4 is 40.4 Å². The molecule has 0 amide bonds. The number of fused-ring (bicyclic) bond motifs is 1. The molecule has 1 aliphatic rings. The van der Waals surface area contributed by atoms with Gasteiger partial charge in [0.25, 0.3) is 0 Å².